The van der Waals surface area contributed by atoms with Gasteiger partial charge >= 0.3 is 12.4 Å². The molecule has 13 heteroatoms. The van der Waals surface area contributed by atoms with Gasteiger partial charge in [0.15, 0.2) is 12.4 Å². The van der Waals surface area contributed by atoms with Crippen LogP contribution in [0.5, 0.6) is 0 Å². The van der Waals surface area contributed by atoms with Gasteiger partial charge in [-0.15, -0.1) is 0 Å². The van der Waals surface area contributed by atoms with Gasteiger partial charge in [-0.05, 0) is 17.8 Å². The van der Waals surface area contributed by atoms with E-state index in [1.165, 1.54) is 0 Å². The van der Waals surface area contributed by atoms with Crippen LogP contribution in [-0.4, -0.2) is 27.7 Å². The normalized spacial score (nSPS) is 20.5. The molecule has 7 nitrogen and oxygen atoms in total. The van der Waals surface area contributed by atoms with Crippen LogP contribution < -0.4 is 15.4 Å². The molecule has 0 aliphatic heterocycles. The summed E-state index contributed by atoms with van der Waals surface area (Å²) in [6.07, 6.45) is -7.11. The lowest BCUT2D eigenvalue weighted by molar-refractivity contribution is -0.606. The molecule has 2 aromatic rings. The van der Waals surface area contributed by atoms with Gasteiger partial charge in [-0.1, -0.05) is 13.8 Å². The number of aromatic nitrogens is 3. The second-order valence-corrected chi connectivity index (χ2v) is 8.18. The third-order valence-corrected chi connectivity index (χ3v) is 5.86. The summed E-state index contributed by atoms with van der Waals surface area (Å²) in [7, 11) is 0. The maximum absolute atomic E-state index is 13.4. The minimum atomic E-state index is -4.76. The van der Waals surface area contributed by atoms with E-state index in [0.29, 0.717) is 31.1 Å². The predicted molar refractivity (Wildman–Crippen MR) is 101 cm³/mol. The number of hydrogen-bond acceptors (Lipinski definition) is 6. The van der Waals surface area contributed by atoms with Crippen molar-refractivity contribution in [2.24, 2.45) is 11.3 Å². The van der Waals surface area contributed by atoms with Crippen LogP contribution in [0, 0.1) is 16.5 Å². The molecule has 2 heterocycles. The molecule has 1 saturated carbocycles. The van der Waals surface area contributed by atoms with Crippen molar-refractivity contribution < 1.29 is 36.2 Å². The van der Waals surface area contributed by atoms with E-state index in [1.54, 1.807) is 13.8 Å². The molecule has 1 aliphatic carbocycles. The van der Waals surface area contributed by atoms with Crippen molar-refractivity contribution in [3.63, 3.8) is 0 Å². The lowest BCUT2D eigenvalue weighted by Crippen LogP contribution is -2.55. The van der Waals surface area contributed by atoms with E-state index in [4.69, 9.17) is 0 Å². The first kappa shape index (κ1) is 23.8. The van der Waals surface area contributed by atoms with Gasteiger partial charge in [0.25, 0.3) is 0 Å². The molecule has 1 fully saturated rings. The number of halogens is 6. The molecule has 0 amide bonds. The summed E-state index contributed by atoms with van der Waals surface area (Å²) in [4.78, 5) is 7.39. The van der Waals surface area contributed by atoms with Gasteiger partial charge in [-0.25, -0.2) is 4.98 Å². The number of aliphatic hydroxyl groups is 1. The molecule has 176 valence electrons. The molecular formula is C19H21F6N5O2. The van der Waals surface area contributed by atoms with E-state index in [1.807, 2.05) is 0 Å². The van der Waals surface area contributed by atoms with Gasteiger partial charge in [0, 0.05) is 37.0 Å². The van der Waals surface area contributed by atoms with E-state index in [-0.39, 0.29) is 23.2 Å². The second kappa shape index (κ2) is 8.26. The Morgan fingerprint density at radius 1 is 1.19 bits per heavy atom. The zero-order chi connectivity index (χ0) is 23.9. The van der Waals surface area contributed by atoms with Gasteiger partial charge in [0.05, 0.1) is 5.56 Å². The molecular weight excluding hydrogens is 444 g/mol. The molecule has 0 saturated heterocycles. The van der Waals surface area contributed by atoms with Gasteiger partial charge in [-0.3, -0.25) is 0 Å². The Kier molecular flexibility index (Phi) is 6.15. The van der Waals surface area contributed by atoms with Crippen molar-refractivity contribution >= 4 is 11.8 Å². The fraction of sp³-hybridized carbons (Fsp3) is 0.526. The topological polar surface area (TPSA) is 97.0 Å². The summed E-state index contributed by atoms with van der Waals surface area (Å²) < 4.78 is 79.9. The Morgan fingerprint density at radius 3 is 2.41 bits per heavy atom. The second-order valence-electron chi connectivity index (χ2n) is 8.18. The monoisotopic (exact) mass is 465 g/mol. The van der Waals surface area contributed by atoms with Gasteiger partial charge < -0.3 is 20.9 Å². The van der Waals surface area contributed by atoms with E-state index in [0.717, 1.165) is 0 Å². The highest BCUT2D eigenvalue weighted by Gasteiger charge is 2.48. The quantitative estimate of drug-likeness (QED) is 0.343. The number of pyridine rings is 1. The lowest BCUT2D eigenvalue weighted by atomic mass is 9.59. The molecule has 2 atom stereocenters. The summed E-state index contributed by atoms with van der Waals surface area (Å²) in [6.45, 7) is 2.96. The standard InChI is InChI=1S/C19H21F6N5O2/c1-17(2)11(9-31)5-14(17)28-15-13(19(23,24)25)7-27-16(29-15)26-6-10-8-30(32)4-3-12(10)18(20,21)22/h3-4,7-8,11,14,31H,5-6,9H2,1-2H3,(H2,26,27,28,29)/t11-,14-/m1/s1. The van der Waals surface area contributed by atoms with Crippen LogP contribution in [0.25, 0.3) is 0 Å². The number of anilines is 2. The maximum Gasteiger partial charge on any atom is 0.421 e. The number of rotatable bonds is 6. The van der Waals surface area contributed by atoms with Crippen LogP contribution in [-0.2, 0) is 18.9 Å². The molecule has 32 heavy (non-hydrogen) atoms. The van der Waals surface area contributed by atoms with Crippen LogP contribution >= 0.6 is 0 Å². The van der Waals surface area contributed by atoms with Crippen LogP contribution in [0.4, 0.5) is 38.1 Å². The fourth-order valence-electron chi connectivity index (χ4n) is 3.63. The number of hydrogen-bond donors (Lipinski definition) is 3. The van der Waals surface area contributed by atoms with Crippen molar-refractivity contribution in [1.82, 2.24) is 9.97 Å². The van der Waals surface area contributed by atoms with Crippen molar-refractivity contribution in [1.29, 1.82) is 0 Å². The van der Waals surface area contributed by atoms with Crippen LogP contribution in [0.3, 0.4) is 0 Å². The first-order valence-electron chi connectivity index (χ1n) is 9.58. The highest BCUT2D eigenvalue weighted by atomic mass is 19.4. The largest absolute Gasteiger partial charge is 0.619 e. The SMILES string of the molecule is CC1(C)[C@@H](CO)C[C@H]1Nc1nc(NCc2c[n+]([O-])ccc2C(F)(F)F)ncc1C(F)(F)F. The molecule has 0 bridgehead atoms. The molecule has 0 spiro atoms. The summed E-state index contributed by atoms with van der Waals surface area (Å²) in [5, 5.41) is 25.9. The van der Waals surface area contributed by atoms with Gasteiger partial charge in [-0.2, -0.15) is 36.1 Å². The molecule has 0 radical (unpaired) electrons. The molecule has 0 aromatic carbocycles. The van der Waals surface area contributed by atoms with Crippen molar-refractivity contribution in [2.45, 2.75) is 45.2 Å². The Balaban J connectivity index is 1.85. The van der Waals surface area contributed by atoms with E-state index in [2.05, 4.69) is 20.6 Å². The maximum atomic E-state index is 13.4. The van der Waals surface area contributed by atoms with Crippen molar-refractivity contribution in [3.05, 3.63) is 46.6 Å². The van der Waals surface area contributed by atoms with E-state index in [9.17, 15) is 36.7 Å². The van der Waals surface area contributed by atoms with Gasteiger partial charge in [0.2, 0.25) is 5.95 Å². The smallest absolute Gasteiger partial charge is 0.421 e. The van der Waals surface area contributed by atoms with E-state index >= 15 is 0 Å². The third kappa shape index (κ3) is 4.81. The number of nitrogens with zero attached hydrogens (tertiary/aromatic N) is 3. The van der Waals surface area contributed by atoms with Crippen molar-refractivity contribution in [2.75, 3.05) is 17.2 Å². The number of nitrogens with one attached hydrogen (secondary N) is 2. The summed E-state index contributed by atoms with van der Waals surface area (Å²) >= 11 is 0. The summed E-state index contributed by atoms with van der Waals surface area (Å²) in [6, 6.07) is 0.204. The zero-order valence-corrected chi connectivity index (χ0v) is 17.1. The van der Waals surface area contributed by atoms with Crippen LogP contribution in [0.2, 0.25) is 0 Å². The van der Waals surface area contributed by atoms with Crippen LogP contribution in [0.15, 0.2) is 24.7 Å². The minimum Gasteiger partial charge on any atom is -0.619 e. The summed E-state index contributed by atoms with van der Waals surface area (Å²) in [5.41, 5.74) is -3.10. The zero-order valence-electron chi connectivity index (χ0n) is 17.1. The molecule has 3 N–H and O–H groups in total. The predicted octanol–water partition coefficient (Wildman–Crippen LogP) is 3.58. The first-order valence-corrected chi connectivity index (χ1v) is 9.58. The van der Waals surface area contributed by atoms with Crippen molar-refractivity contribution in [3.8, 4) is 0 Å². The minimum absolute atomic E-state index is 0.0913. The molecule has 2 aromatic heterocycles. The molecule has 1 aliphatic rings. The highest BCUT2D eigenvalue weighted by molar-refractivity contribution is 5.50. The van der Waals surface area contributed by atoms with Gasteiger partial charge in [0.1, 0.15) is 11.4 Å². The highest BCUT2D eigenvalue weighted by Crippen LogP contribution is 2.48. The molecule has 3 rings (SSSR count). The Hall–Kier alpha value is -2.83. The third-order valence-electron chi connectivity index (χ3n) is 5.86. The molecule has 0 unspecified atom stereocenters. The van der Waals surface area contributed by atoms with Crippen LogP contribution in [0.1, 0.15) is 37.0 Å². The Morgan fingerprint density at radius 2 is 1.84 bits per heavy atom. The Bertz CT molecular complexity index is 980. The lowest BCUT2D eigenvalue weighted by Gasteiger charge is -2.52. The Labute approximate surface area is 179 Å². The average molecular weight is 465 g/mol. The first-order chi connectivity index (χ1) is 14.7. The fourth-order valence-corrected chi connectivity index (χ4v) is 3.63. The summed E-state index contributed by atoms with van der Waals surface area (Å²) in [5.74, 6) is -0.954. The van der Waals surface area contributed by atoms with E-state index < -0.39 is 52.9 Å². The number of aliphatic hydroxyl groups excluding tert-OH is 1. The average Bonchev–Trinajstić information content (AvgIpc) is 2.67. The number of alkyl halides is 6.